The maximum absolute atomic E-state index is 12.7. The molecule has 0 saturated heterocycles. The standard InChI is InChI=1S/C28H49NO8SSi2/c1-18-21(36-39(9,10)27(2,3)4)15-22(37-40(11,12)28(5,6)7)19(24(18)25(32)33)16-38-17-20(26(34)35-8)29-23(31)13-14-30/h15,20,30H,13-14,16-17H2,1-12H3,(H,29,31)(H,32,33). The molecule has 228 valence electrons. The molecule has 1 aromatic carbocycles. The topological polar surface area (TPSA) is 131 Å². The molecule has 0 spiro atoms. The van der Waals surface area contributed by atoms with Gasteiger partial charge in [-0.1, -0.05) is 41.5 Å². The maximum Gasteiger partial charge on any atom is 0.336 e. The number of rotatable bonds is 13. The first-order valence-corrected chi connectivity index (χ1v) is 20.4. The molecule has 1 aromatic rings. The van der Waals surface area contributed by atoms with E-state index >= 15 is 0 Å². The summed E-state index contributed by atoms with van der Waals surface area (Å²) in [5, 5.41) is 21.8. The number of aliphatic hydroxyl groups is 1. The first-order valence-electron chi connectivity index (χ1n) is 13.4. The van der Waals surface area contributed by atoms with Crippen molar-refractivity contribution in [2.24, 2.45) is 0 Å². The van der Waals surface area contributed by atoms with Crippen LogP contribution in [0.4, 0.5) is 0 Å². The molecular formula is C28H49NO8SSi2. The van der Waals surface area contributed by atoms with Gasteiger partial charge in [-0.15, -0.1) is 0 Å². The minimum absolute atomic E-state index is 0.0961. The van der Waals surface area contributed by atoms with E-state index < -0.39 is 40.5 Å². The maximum atomic E-state index is 12.7. The van der Waals surface area contributed by atoms with E-state index in [9.17, 15) is 19.5 Å². The van der Waals surface area contributed by atoms with Crippen LogP contribution in [0.25, 0.3) is 0 Å². The second-order valence-corrected chi connectivity index (χ2v) is 23.5. The molecule has 0 radical (unpaired) electrons. The summed E-state index contributed by atoms with van der Waals surface area (Å²) in [7, 11) is -3.46. The van der Waals surface area contributed by atoms with Gasteiger partial charge in [0.1, 0.15) is 17.5 Å². The minimum atomic E-state index is -2.39. The first-order chi connectivity index (χ1) is 18.1. The fraction of sp³-hybridized carbons (Fsp3) is 0.679. The highest BCUT2D eigenvalue weighted by Gasteiger charge is 2.42. The summed E-state index contributed by atoms with van der Waals surface area (Å²) >= 11 is 1.29. The van der Waals surface area contributed by atoms with Crippen LogP contribution in [0.2, 0.25) is 36.3 Å². The van der Waals surface area contributed by atoms with E-state index in [1.165, 1.54) is 18.9 Å². The van der Waals surface area contributed by atoms with Gasteiger partial charge in [0.2, 0.25) is 22.5 Å². The number of nitrogens with one attached hydrogen (secondary N) is 1. The van der Waals surface area contributed by atoms with Crippen LogP contribution in [0.1, 0.15) is 69.4 Å². The van der Waals surface area contributed by atoms with Crippen molar-refractivity contribution in [3.8, 4) is 11.5 Å². The van der Waals surface area contributed by atoms with E-state index in [2.05, 4.69) is 73.0 Å². The zero-order valence-corrected chi connectivity index (χ0v) is 29.1. The fourth-order valence-electron chi connectivity index (χ4n) is 3.23. The van der Waals surface area contributed by atoms with Gasteiger partial charge in [0, 0.05) is 35.1 Å². The van der Waals surface area contributed by atoms with Gasteiger partial charge in [-0.25, -0.2) is 9.59 Å². The predicted octanol–water partition coefficient (Wildman–Crippen LogP) is 5.73. The van der Waals surface area contributed by atoms with Gasteiger partial charge in [-0.05, 0) is 43.2 Å². The van der Waals surface area contributed by atoms with Crippen LogP contribution in [-0.4, -0.2) is 70.2 Å². The number of carbonyl (C=O) groups excluding carboxylic acids is 2. The van der Waals surface area contributed by atoms with Crippen LogP contribution in [0.3, 0.4) is 0 Å². The van der Waals surface area contributed by atoms with Gasteiger partial charge >= 0.3 is 11.9 Å². The van der Waals surface area contributed by atoms with Crippen LogP contribution in [0.5, 0.6) is 11.5 Å². The van der Waals surface area contributed by atoms with Crippen molar-refractivity contribution in [3.63, 3.8) is 0 Å². The zero-order valence-electron chi connectivity index (χ0n) is 26.2. The molecule has 0 aliphatic rings. The molecule has 3 N–H and O–H groups in total. The molecule has 0 aliphatic carbocycles. The fourth-order valence-corrected chi connectivity index (χ4v) is 6.40. The van der Waals surface area contributed by atoms with Crippen LogP contribution in [-0.2, 0) is 20.1 Å². The summed E-state index contributed by atoms with van der Waals surface area (Å²) in [5.74, 6) is -0.849. The molecule has 0 heterocycles. The lowest BCUT2D eigenvalue weighted by molar-refractivity contribution is -0.144. The SMILES string of the molecule is COC(=O)C(CSCc1c(O[Si](C)(C)C(C)(C)C)cc(O[Si](C)(C)C(C)(C)C)c(C)c1C(=O)O)NC(=O)CCO. The lowest BCUT2D eigenvalue weighted by atomic mass is 10.0. The number of carboxylic acid groups (broad SMARTS) is 1. The van der Waals surface area contributed by atoms with Gasteiger partial charge in [-0.3, -0.25) is 4.79 Å². The Morgan fingerprint density at radius 3 is 1.90 bits per heavy atom. The van der Waals surface area contributed by atoms with Crippen molar-refractivity contribution in [2.45, 2.75) is 103 Å². The highest BCUT2D eigenvalue weighted by atomic mass is 32.2. The molecule has 0 saturated carbocycles. The first kappa shape index (κ1) is 36.0. The normalized spacial score (nSPS) is 13.4. The molecule has 0 aromatic heterocycles. The quantitative estimate of drug-likeness (QED) is 0.188. The third kappa shape index (κ3) is 9.25. The van der Waals surface area contributed by atoms with E-state index in [-0.39, 0.29) is 40.2 Å². The molecule has 12 heteroatoms. The van der Waals surface area contributed by atoms with Crippen molar-refractivity contribution in [3.05, 3.63) is 22.8 Å². The van der Waals surface area contributed by atoms with Gasteiger partial charge in [-0.2, -0.15) is 11.8 Å². The Balaban J connectivity index is 3.63. The number of amides is 1. The average molecular weight is 616 g/mol. The van der Waals surface area contributed by atoms with E-state index in [0.29, 0.717) is 22.6 Å². The number of ether oxygens (including phenoxy) is 1. The Hall–Kier alpha value is -2.03. The Bertz CT molecular complexity index is 1080. The van der Waals surface area contributed by atoms with Crippen LogP contribution < -0.4 is 14.2 Å². The van der Waals surface area contributed by atoms with Crippen LogP contribution >= 0.6 is 11.8 Å². The van der Waals surface area contributed by atoms with E-state index in [0.717, 1.165) is 0 Å². The van der Waals surface area contributed by atoms with E-state index in [1.807, 2.05) is 6.07 Å². The number of hydrogen-bond acceptors (Lipinski definition) is 8. The molecule has 1 amide bonds. The third-order valence-electron chi connectivity index (χ3n) is 7.85. The summed E-state index contributed by atoms with van der Waals surface area (Å²) < 4.78 is 18.2. The van der Waals surface area contributed by atoms with Crippen molar-refractivity contribution in [1.82, 2.24) is 5.32 Å². The number of esters is 1. The number of aliphatic hydroxyl groups excluding tert-OH is 1. The Kier molecular flexibility index (Phi) is 12.4. The smallest absolute Gasteiger partial charge is 0.336 e. The Labute approximate surface area is 246 Å². The van der Waals surface area contributed by atoms with Crippen molar-refractivity contribution < 1.29 is 38.2 Å². The monoisotopic (exact) mass is 615 g/mol. The van der Waals surface area contributed by atoms with Crippen molar-refractivity contribution in [1.29, 1.82) is 0 Å². The van der Waals surface area contributed by atoms with Gasteiger partial charge < -0.3 is 29.1 Å². The minimum Gasteiger partial charge on any atom is -0.543 e. The highest BCUT2D eigenvalue weighted by Crippen LogP contribution is 2.44. The molecule has 0 aliphatic heterocycles. The largest absolute Gasteiger partial charge is 0.543 e. The van der Waals surface area contributed by atoms with Gasteiger partial charge in [0.25, 0.3) is 0 Å². The number of methoxy groups -OCH3 is 1. The average Bonchev–Trinajstić information content (AvgIpc) is 2.78. The second-order valence-electron chi connectivity index (χ2n) is 13.0. The second kappa shape index (κ2) is 13.8. The lowest BCUT2D eigenvalue weighted by Crippen LogP contribution is -2.45. The number of aromatic carboxylic acids is 1. The zero-order chi connectivity index (χ0) is 31.3. The number of carbonyl (C=O) groups is 3. The van der Waals surface area contributed by atoms with Crippen molar-refractivity contribution in [2.75, 3.05) is 19.5 Å². The molecule has 0 fully saturated rings. The number of benzene rings is 1. The van der Waals surface area contributed by atoms with Gasteiger partial charge in [0.05, 0.1) is 19.3 Å². The predicted molar refractivity (Wildman–Crippen MR) is 166 cm³/mol. The Morgan fingerprint density at radius 1 is 0.975 bits per heavy atom. The number of hydrogen-bond donors (Lipinski definition) is 3. The third-order valence-corrected chi connectivity index (χ3v) is 17.6. The highest BCUT2D eigenvalue weighted by molar-refractivity contribution is 7.98. The molecule has 9 nitrogen and oxygen atoms in total. The number of carboxylic acids is 1. The molecule has 40 heavy (non-hydrogen) atoms. The summed E-state index contributed by atoms with van der Waals surface area (Å²) in [6, 6.07) is 0.883. The molecule has 1 unspecified atom stereocenters. The van der Waals surface area contributed by atoms with Crippen molar-refractivity contribution >= 4 is 46.2 Å². The van der Waals surface area contributed by atoms with Gasteiger partial charge in [0.15, 0.2) is 0 Å². The van der Waals surface area contributed by atoms with E-state index in [4.69, 9.17) is 18.7 Å². The van der Waals surface area contributed by atoms with Crippen LogP contribution in [0.15, 0.2) is 6.07 Å². The summed E-state index contributed by atoms with van der Waals surface area (Å²) in [6.07, 6.45) is -0.138. The van der Waals surface area contributed by atoms with E-state index in [1.54, 1.807) is 6.92 Å². The molecule has 0 bridgehead atoms. The Morgan fingerprint density at radius 2 is 1.48 bits per heavy atom. The summed E-state index contributed by atoms with van der Waals surface area (Å²) in [6.45, 7) is 22.6. The molecular weight excluding hydrogens is 567 g/mol. The lowest BCUT2D eigenvalue weighted by Gasteiger charge is -2.39. The van der Waals surface area contributed by atoms with Crippen LogP contribution in [0, 0.1) is 6.92 Å². The number of thioether (sulfide) groups is 1. The molecule has 1 atom stereocenters. The summed E-state index contributed by atoms with van der Waals surface area (Å²) in [5.41, 5.74) is 1.15. The summed E-state index contributed by atoms with van der Waals surface area (Å²) in [4.78, 5) is 37.0. The molecule has 1 rings (SSSR count).